The van der Waals surface area contributed by atoms with E-state index >= 15 is 0 Å². The van der Waals surface area contributed by atoms with E-state index in [1.165, 1.54) is 12.1 Å². The zero-order valence-electron chi connectivity index (χ0n) is 9.16. The molecule has 0 aliphatic heterocycles. The maximum atomic E-state index is 11.8. The minimum Gasteiger partial charge on any atom is -0.384 e. The lowest BCUT2D eigenvalue weighted by molar-refractivity contribution is 0.0943. The number of aromatic nitrogens is 1. The summed E-state index contributed by atoms with van der Waals surface area (Å²) in [6.45, 7) is 1.94. The van der Waals surface area contributed by atoms with Gasteiger partial charge in [-0.1, -0.05) is 11.6 Å². The highest BCUT2D eigenvalue weighted by molar-refractivity contribution is 7.98. The average Bonchev–Trinajstić information content (AvgIpc) is 2.16. The quantitative estimate of drug-likeness (QED) is 0.809. The predicted octanol–water partition coefficient (Wildman–Crippen LogP) is 1.80. The molecule has 16 heavy (non-hydrogen) atoms. The first kappa shape index (κ1) is 13.1. The van der Waals surface area contributed by atoms with Gasteiger partial charge in [0, 0.05) is 17.4 Å². The van der Waals surface area contributed by atoms with Crippen LogP contribution in [0.2, 0.25) is 5.15 Å². The van der Waals surface area contributed by atoms with Gasteiger partial charge in [0.15, 0.2) is 0 Å². The van der Waals surface area contributed by atoms with Gasteiger partial charge in [-0.2, -0.15) is 11.8 Å². The fraction of sp³-hybridized carbons (Fsp3) is 0.400. The van der Waals surface area contributed by atoms with Crippen LogP contribution < -0.4 is 11.1 Å². The number of halogens is 1. The van der Waals surface area contributed by atoms with Crippen LogP contribution >= 0.6 is 23.4 Å². The minimum absolute atomic E-state index is 0.107. The van der Waals surface area contributed by atoms with Gasteiger partial charge in [0.25, 0.3) is 5.91 Å². The summed E-state index contributed by atoms with van der Waals surface area (Å²) in [5, 5.41) is 3.07. The molecule has 1 rings (SSSR count). The van der Waals surface area contributed by atoms with Gasteiger partial charge in [-0.25, -0.2) is 4.98 Å². The number of hydrogen-bond acceptors (Lipinski definition) is 4. The van der Waals surface area contributed by atoms with Crippen LogP contribution in [0.15, 0.2) is 12.1 Å². The maximum Gasteiger partial charge on any atom is 0.251 e. The van der Waals surface area contributed by atoms with Gasteiger partial charge in [0.1, 0.15) is 11.0 Å². The molecule has 0 fully saturated rings. The number of carbonyl (C=O) groups excluding carboxylic acids is 1. The summed E-state index contributed by atoms with van der Waals surface area (Å²) in [4.78, 5) is 15.6. The van der Waals surface area contributed by atoms with Crippen molar-refractivity contribution >= 4 is 35.1 Å². The summed E-state index contributed by atoms with van der Waals surface area (Å²) in [5.41, 5.74) is 5.94. The van der Waals surface area contributed by atoms with Crippen LogP contribution in [0, 0.1) is 0 Å². The van der Waals surface area contributed by atoms with Crippen molar-refractivity contribution in [3.8, 4) is 0 Å². The summed E-state index contributed by atoms with van der Waals surface area (Å²) in [6.07, 6.45) is 1.99. The van der Waals surface area contributed by atoms with E-state index in [1.54, 1.807) is 11.8 Å². The number of hydrogen-bond donors (Lipinski definition) is 2. The van der Waals surface area contributed by atoms with E-state index in [4.69, 9.17) is 17.3 Å². The van der Waals surface area contributed by atoms with Crippen LogP contribution in [-0.4, -0.2) is 28.9 Å². The second-order valence-electron chi connectivity index (χ2n) is 3.43. The number of rotatable bonds is 4. The van der Waals surface area contributed by atoms with Gasteiger partial charge in [-0.05, 0) is 25.3 Å². The molecule has 6 heteroatoms. The van der Waals surface area contributed by atoms with E-state index in [1.807, 2.05) is 13.2 Å². The first-order valence-electron chi connectivity index (χ1n) is 4.75. The van der Waals surface area contributed by atoms with Crippen molar-refractivity contribution in [2.45, 2.75) is 13.0 Å². The van der Waals surface area contributed by atoms with Crippen molar-refractivity contribution in [1.82, 2.24) is 10.3 Å². The molecular formula is C10H14ClN3OS. The lowest BCUT2D eigenvalue weighted by Crippen LogP contribution is -2.34. The number of thioether (sulfide) groups is 1. The van der Waals surface area contributed by atoms with Crippen LogP contribution in [0.3, 0.4) is 0 Å². The minimum atomic E-state index is -0.183. The van der Waals surface area contributed by atoms with Crippen molar-refractivity contribution in [1.29, 1.82) is 0 Å². The number of nitrogen functional groups attached to an aromatic ring is 1. The average molecular weight is 260 g/mol. The molecule has 1 aromatic heterocycles. The first-order valence-corrected chi connectivity index (χ1v) is 6.53. The summed E-state index contributed by atoms with van der Waals surface area (Å²) in [7, 11) is 0. The number of carbonyl (C=O) groups is 1. The van der Waals surface area contributed by atoms with E-state index in [0.29, 0.717) is 5.56 Å². The molecule has 0 saturated carbocycles. The molecule has 1 atom stereocenters. The normalized spacial score (nSPS) is 12.2. The monoisotopic (exact) mass is 259 g/mol. The van der Waals surface area contributed by atoms with Gasteiger partial charge in [0.05, 0.1) is 0 Å². The van der Waals surface area contributed by atoms with Crippen molar-refractivity contribution in [2.75, 3.05) is 17.7 Å². The summed E-state index contributed by atoms with van der Waals surface area (Å²) in [5.74, 6) is 0.924. The van der Waals surface area contributed by atoms with Gasteiger partial charge < -0.3 is 11.1 Å². The Balaban J connectivity index is 2.72. The Hall–Kier alpha value is -0.940. The highest BCUT2D eigenvalue weighted by atomic mass is 35.5. The molecule has 0 spiro atoms. The molecule has 3 N–H and O–H groups in total. The highest BCUT2D eigenvalue weighted by Gasteiger charge is 2.11. The van der Waals surface area contributed by atoms with Crippen molar-refractivity contribution in [2.24, 2.45) is 0 Å². The van der Waals surface area contributed by atoms with E-state index in [0.717, 1.165) is 5.75 Å². The Morgan fingerprint density at radius 2 is 2.38 bits per heavy atom. The fourth-order valence-electron chi connectivity index (χ4n) is 1.25. The molecule has 0 aliphatic rings. The van der Waals surface area contributed by atoms with E-state index < -0.39 is 0 Å². The number of nitrogens with zero attached hydrogens (tertiary/aromatic N) is 1. The zero-order chi connectivity index (χ0) is 12.1. The SMILES string of the molecule is CSCC(C)NC(=O)c1cc(N)nc(Cl)c1. The van der Waals surface area contributed by atoms with Crippen LogP contribution in [0.4, 0.5) is 5.82 Å². The third-order valence-electron chi connectivity index (χ3n) is 1.87. The number of pyridine rings is 1. The lowest BCUT2D eigenvalue weighted by Gasteiger charge is -2.12. The predicted molar refractivity (Wildman–Crippen MR) is 69.0 cm³/mol. The summed E-state index contributed by atoms with van der Waals surface area (Å²) >= 11 is 7.39. The number of amides is 1. The van der Waals surface area contributed by atoms with Crippen LogP contribution in [-0.2, 0) is 0 Å². The number of nitrogens with one attached hydrogen (secondary N) is 1. The Kier molecular flexibility index (Phi) is 4.89. The molecule has 0 radical (unpaired) electrons. The molecule has 1 unspecified atom stereocenters. The van der Waals surface area contributed by atoms with Crippen LogP contribution in [0.5, 0.6) is 0 Å². The molecule has 0 bridgehead atoms. The Bertz CT molecular complexity index is 366. The maximum absolute atomic E-state index is 11.8. The Morgan fingerprint density at radius 1 is 1.69 bits per heavy atom. The van der Waals surface area contributed by atoms with Crippen molar-refractivity contribution in [3.63, 3.8) is 0 Å². The molecule has 1 heterocycles. The second-order valence-corrected chi connectivity index (χ2v) is 4.73. The molecule has 0 saturated heterocycles. The Labute approximate surface area is 104 Å². The zero-order valence-corrected chi connectivity index (χ0v) is 10.7. The topological polar surface area (TPSA) is 68.0 Å². The number of nitrogens with two attached hydrogens (primary N) is 1. The molecule has 0 aliphatic carbocycles. The van der Waals surface area contributed by atoms with E-state index in [9.17, 15) is 4.79 Å². The van der Waals surface area contributed by atoms with Gasteiger partial charge in [-0.3, -0.25) is 4.79 Å². The molecule has 1 amide bonds. The summed E-state index contributed by atoms with van der Waals surface area (Å²) < 4.78 is 0. The van der Waals surface area contributed by atoms with Crippen LogP contribution in [0.1, 0.15) is 17.3 Å². The first-order chi connectivity index (χ1) is 7.52. The lowest BCUT2D eigenvalue weighted by atomic mass is 10.2. The smallest absolute Gasteiger partial charge is 0.251 e. The van der Waals surface area contributed by atoms with E-state index in [2.05, 4.69) is 10.3 Å². The second kappa shape index (κ2) is 5.96. The fourth-order valence-corrected chi connectivity index (χ4v) is 2.05. The van der Waals surface area contributed by atoms with Gasteiger partial charge in [-0.15, -0.1) is 0 Å². The van der Waals surface area contributed by atoms with Gasteiger partial charge in [0.2, 0.25) is 0 Å². The molecule has 88 valence electrons. The summed E-state index contributed by atoms with van der Waals surface area (Å²) in [6, 6.07) is 3.11. The highest BCUT2D eigenvalue weighted by Crippen LogP contribution is 2.12. The number of anilines is 1. The Morgan fingerprint density at radius 3 is 2.94 bits per heavy atom. The third-order valence-corrected chi connectivity index (χ3v) is 2.90. The molecule has 4 nitrogen and oxygen atoms in total. The van der Waals surface area contributed by atoms with Crippen molar-refractivity contribution in [3.05, 3.63) is 22.8 Å². The molecular weight excluding hydrogens is 246 g/mol. The third kappa shape index (κ3) is 3.90. The molecule has 1 aromatic rings. The molecule has 0 aromatic carbocycles. The standard InChI is InChI=1S/C10H14ClN3OS/c1-6(5-16-2)13-10(15)7-3-8(11)14-9(12)4-7/h3-4,6H,5H2,1-2H3,(H2,12,14)(H,13,15). The van der Waals surface area contributed by atoms with Crippen LogP contribution in [0.25, 0.3) is 0 Å². The largest absolute Gasteiger partial charge is 0.384 e. The van der Waals surface area contributed by atoms with Crippen molar-refractivity contribution < 1.29 is 4.79 Å². The van der Waals surface area contributed by atoms with Gasteiger partial charge >= 0.3 is 0 Å². The van der Waals surface area contributed by atoms with E-state index in [-0.39, 0.29) is 22.9 Å².